The zero-order chi connectivity index (χ0) is 19.1. The Morgan fingerprint density at radius 2 is 1.96 bits per heavy atom. The van der Waals surface area contributed by atoms with Gasteiger partial charge in [-0.2, -0.15) is 0 Å². The van der Waals surface area contributed by atoms with Gasteiger partial charge in [0.25, 0.3) is 5.91 Å². The van der Waals surface area contributed by atoms with Gasteiger partial charge >= 0.3 is 0 Å². The summed E-state index contributed by atoms with van der Waals surface area (Å²) < 4.78 is 11.7. The molecule has 1 aromatic carbocycles. The highest BCUT2D eigenvalue weighted by atomic mass is 127. The summed E-state index contributed by atoms with van der Waals surface area (Å²) in [4.78, 5) is 18.7. The maximum atomic E-state index is 11.6. The fraction of sp³-hybridized carbons (Fsp3) is 0.600. The van der Waals surface area contributed by atoms with Crippen molar-refractivity contribution in [1.82, 2.24) is 15.5 Å². The van der Waals surface area contributed by atoms with Crippen molar-refractivity contribution in [3.05, 3.63) is 35.4 Å². The Kier molecular flexibility index (Phi) is 9.46. The summed E-state index contributed by atoms with van der Waals surface area (Å²) >= 11 is 0. The van der Waals surface area contributed by atoms with E-state index in [0.717, 1.165) is 50.6 Å². The number of hydrogen-bond donors (Lipinski definition) is 2. The van der Waals surface area contributed by atoms with Crippen LogP contribution < -0.4 is 10.6 Å². The van der Waals surface area contributed by atoms with E-state index in [4.69, 9.17) is 14.5 Å². The van der Waals surface area contributed by atoms with Gasteiger partial charge in [-0.25, -0.2) is 4.99 Å². The molecule has 2 saturated heterocycles. The number of guanidine groups is 1. The van der Waals surface area contributed by atoms with Gasteiger partial charge in [-0.1, -0.05) is 12.1 Å². The van der Waals surface area contributed by atoms with Gasteiger partial charge in [0.05, 0.1) is 19.3 Å². The second-order valence-corrected chi connectivity index (χ2v) is 6.85. The number of nitrogens with zero attached hydrogens (tertiary/aromatic N) is 2. The zero-order valence-electron chi connectivity index (χ0n) is 16.6. The molecule has 0 radical (unpaired) electrons. The number of rotatable bonds is 5. The topological polar surface area (TPSA) is 75.2 Å². The number of nitrogens with one attached hydrogen (secondary N) is 2. The fourth-order valence-corrected chi connectivity index (χ4v) is 3.49. The predicted molar refractivity (Wildman–Crippen MR) is 120 cm³/mol. The number of halogens is 1. The second kappa shape index (κ2) is 11.6. The lowest BCUT2D eigenvalue weighted by Gasteiger charge is -2.37. The van der Waals surface area contributed by atoms with E-state index in [1.807, 2.05) is 24.3 Å². The van der Waals surface area contributed by atoms with Crippen LogP contribution in [0.3, 0.4) is 0 Å². The SMILES string of the molecule is CCNC(=NCc1ccc(C(=O)NC)cc1)N1CCOC(C2CCCO2)C1.I. The average Bonchev–Trinajstić information content (AvgIpc) is 3.26. The van der Waals surface area contributed by atoms with Crippen molar-refractivity contribution < 1.29 is 14.3 Å². The molecule has 28 heavy (non-hydrogen) atoms. The summed E-state index contributed by atoms with van der Waals surface area (Å²) in [6.45, 7) is 6.61. The first-order chi connectivity index (χ1) is 13.2. The lowest BCUT2D eigenvalue weighted by Crippen LogP contribution is -2.53. The molecule has 2 N–H and O–H groups in total. The summed E-state index contributed by atoms with van der Waals surface area (Å²) in [5, 5.41) is 6.02. The summed E-state index contributed by atoms with van der Waals surface area (Å²) in [6, 6.07) is 7.57. The Morgan fingerprint density at radius 3 is 2.61 bits per heavy atom. The van der Waals surface area contributed by atoms with Gasteiger partial charge in [-0.15, -0.1) is 24.0 Å². The molecule has 2 heterocycles. The summed E-state index contributed by atoms with van der Waals surface area (Å²) in [5.41, 5.74) is 1.73. The average molecular weight is 502 g/mol. The van der Waals surface area contributed by atoms with Crippen molar-refractivity contribution in [1.29, 1.82) is 0 Å². The maximum Gasteiger partial charge on any atom is 0.251 e. The Morgan fingerprint density at radius 1 is 1.21 bits per heavy atom. The zero-order valence-corrected chi connectivity index (χ0v) is 19.0. The largest absolute Gasteiger partial charge is 0.375 e. The predicted octanol–water partition coefficient (Wildman–Crippen LogP) is 2.01. The van der Waals surface area contributed by atoms with Gasteiger partial charge in [-0.05, 0) is 37.5 Å². The molecule has 2 aliphatic heterocycles. The minimum Gasteiger partial charge on any atom is -0.375 e. The van der Waals surface area contributed by atoms with E-state index in [0.29, 0.717) is 18.7 Å². The molecule has 156 valence electrons. The van der Waals surface area contributed by atoms with Crippen molar-refractivity contribution in [3.63, 3.8) is 0 Å². The first-order valence-electron chi connectivity index (χ1n) is 9.78. The van der Waals surface area contributed by atoms with Crippen LogP contribution in [0.25, 0.3) is 0 Å². The smallest absolute Gasteiger partial charge is 0.251 e. The molecule has 3 rings (SSSR count). The van der Waals surface area contributed by atoms with Gasteiger partial charge in [0.15, 0.2) is 5.96 Å². The fourth-order valence-electron chi connectivity index (χ4n) is 3.49. The number of ether oxygens (including phenoxy) is 2. The normalized spacial score (nSPS) is 22.5. The van der Waals surface area contributed by atoms with E-state index in [-0.39, 0.29) is 42.1 Å². The molecule has 2 unspecified atom stereocenters. The minimum absolute atomic E-state index is 0. The highest BCUT2D eigenvalue weighted by Crippen LogP contribution is 2.21. The van der Waals surface area contributed by atoms with Crippen LogP contribution in [0.4, 0.5) is 0 Å². The lowest BCUT2D eigenvalue weighted by molar-refractivity contribution is -0.0817. The molecule has 1 amide bonds. The van der Waals surface area contributed by atoms with Crippen molar-refractivity contribution in [3.8, 4) is 0 Å². The quantitative estimate of drug-likeness (QED) is 0.366. The van der Waals surface area contributed by atoms with Crippen LogP contribution in [0.5, 0.6) is 0 Å². The maximum absolute atomic E-state index is 11.6. The van der Waals surface area contributed by atoms with Crippen molar-refractivity contribution >= 4 is 35.8 Å². The molecule has 1 aromatic rings. The van der Waals surface area contributed by atoms with Gasteiger partial charge in [0, 0.05) is 38.9 Å². The molecule has 7 nitrogen and oxygen atoms in total. The standard InChI is InChI=1S/C20H30N4O3.HI/c1-3-22-20(23-13-15-6-8-16(9-7-15)19(25)21-2)24-10-12-27-18(14-24)17-5-4-11-26-17;/h6-9,17-18H,3-5,10-14H2,1-2H3,(H,21,25)(H,22,23);1H. The minimum atomic E-state index is -0.0770. The van der Waals surface area contributed by atoms with E-state index in [1.54, 1.807) is 7.05 Å². The Hall–Kier alpha value is -1.39. The Bertz CT molecular complexity index is 647. The number of benzene rings is 1. The number of aliphatic imine (C=N–C) groups is 1. The van der Waals surface area contributed by atoms with Crippen LogP contribution >= 0.6 is 24.0 Å². The number of carbonyl (C=O) groups is 1. The van der Waals surface area contributed by atoms with E-state index < -0.39 is 0 Å². The number of hydrogen-bond acceptors (Lipinski definition) is 4. The Balaban J connectivity index is 0.00000280. The molecule has 0 saturated carbocycles. The van der Waals surface area contributed by atoms with Gasteiger partial charge in [0.2, 0.25) is 0 Å². The first kappa shape index (κ1) is 22.9. The van der Waals surface area contributed by atoms with Gasteiger partial charge < -0.3 is 25.0 Å². The van der Waals surface area contributed by atoms with Gasteiger partial charge in [0.1, 0.15) is 6.10 Å². The molecule has 2 fully saturated rings. The first-order valence-corrected chi connectivity index (χ1v) is 9.78. The van der Waals surface area contributed by atoms with Crippen LogP contribution in [0.2, 0.25) is 0 Å². The molecule has 8 heteroatoms. The third-order valence-electron chi connectivity index (χ3n) is 4.96. The molecule has 2 atom stereocenters. The molecule has 0 aromatic heterocycles. The van der Waals surface area contributed by atoms with E-state index >= 15 is 0 Å². The summed E-state index contributed by atoms with van der Waals surface area (Å²) in [5.74, 6) is 0.825. The molecule has 0 aliphatic carbocycles. The monoisotopic (exact) mass is 502 g/mol. The third-order valence-corrected chi connectivity index (χ3v) is 4.96. The second-order valence-electron chi connectivity index (χ2n) is 6.85. The van der Waals surface area contributed by atoms with Crippen LogP contribution in [0.15, 0.2) is 29.3 Å². The third kappa shape index (κ3) is 6.05. The molecular weight excluding hydrogens is 471 g/mol. The molecular formula is C20H31IN4O3. The Labute approximate surface area is 184 Å². The van der Waals surface area contributed by atoms with Crippen molar-refractivity contribution in [2.24, 2.45) is 4.99 Å². The van der Waals surface area contributed by atoms with Crippen LogP contribution in [0.1, 0.15) is 35.7 Å². The van der Waals surface area contributed by atoms with Gasteiger partial charge in [-0.3, -0.25) is 4.79 Å². The molecule has 2 aliphatic rings. The summed E-state index contributed by atoms with van der Waals surface area (Å²) in [7, 11) is 1.63. The van der Waals surface area contributed by atoms with Crippen molar-refractivity contribution in [2.45, 2.75) is 38.5 Å². The number of carbonyl (C=O) groups excluding carboxylic acids is 1. The van der Waals surface area contributed by atoms with Crippen LogP contribution in [-0.2, 0) is 16.0 Å². The molecule has 0 bridgehead atoms. The van der Waals surface area contributed by atoms with E-state index in [2.05, 4.69) is 22.5 Å². The number of amides is 1. The number of morpholine rings is 1. The summed E-state index contributed by atoms with van der Waals surface area (Å²) in [6.07, 6.45) is 2.50. The molecule has 0 spiro atoms. The van der Waals surface area contributed by atoms with Crippen molar-refractivity contribution in [2.75, 3.05) is 39.9 Å². The highest BCUT2D eigenvalue weighted by molar-refractivity contribution is 14.0. The van der Waals surface area contributed by atoms with Crippen LogP contribution in [-0.4, -0.2) is 68.9 Å². The lowest BCUT2D eigenvalue weighted by atomic mass is 10.1. The van der Waals surface area contributed by atoms with E-state index in [1.165, 1.54) is 0 Å². The van der Waals surface area contributed by atoms with Crippen LogP contribution in [0, 0.1) is 0 Å². The van der Waals surface area contributed by atoms with E-state index in [9.17, 15) is 4.79 Å². The highest BCUT2D eigenvalue weighted by Gasteiger charge is 2.32.